The highest BCUT2D eigenvalue weighted by atomic mass is 19.1. The van der Waals surface area contributed by atoms with Gasteiger partial charge in [0.05, 0.1) is 18.0 Å². The minimum absolute atomic E-state index is 0.365. The Kier molecular flexibility index (Phi) is 5.11. The first-order chi connectivity index (χ1) is 9.46. The number of aliphatic hydroxyl groups excluding tert-OH is 1. The molecule has 1 saturated heterocycles. The van der Waals surface area contributed by atoms with Crippen LogP contribution < -0.4 is 0 Å². The van der Waals surface area contributed by atoms with Gasteiger partial charge in [0.15, 0.2) is 0 Å². The molecule has 0 aliphatic carbocycles. The number of rotatable bonds is 4. The summed E-state index contributed by atoms with van der Waals surface area (Å²) in [7, 11) is 0. The van der Waals surface area contributed by atoms with E-state index in [9.17, 15) is 9.50 Å². The molecular formula is C16H25FN2O. The van der Waals surface area contributed by atoms with Crippen LogP contribution in [0.4, 0.5) is 4.39 Å². The maximum absolute atomic E-state index is 12.8. The summed E-state index contributed by atoms with van der Waals surface area (Å²) in [5, 5.41) is 10.1. The summed E-state index contributed by atoms with van der Waals surface area (Å²) in [5.74, 6) is -0.365. The first kappa shape index (κ1) is 15.4. The Morgan fingerprint density at radius 2 is 2.15 bits per heavy atom. The molecule has 1 aliphatic rings. The molecule has 0 spiro atoms. The fraction of sp³-hybridized carbons (Fsp3) is 0.688. The highest BCUT2D eigenvalue weighted by Crippen LogP contribution is 2.30. The molecule has 0 bridgehead atoms. The summed E-state index contributed by atoms with van der Waals surface area (Å²) in [6.45, 7) is 7.72. The van der Waals surface area contributed by atoms with Gasteiger partial charge < -0.3 is 10.0 Å². The normalized spacial score (nSPS) is 21.4. The number of hydrogen-bond acceptors (Lipinski definition) is 3. The second-order valence-electron chi connectivity index (χ2n) is 6.57. The van der Waals surface area contributed by atoms with Gasteiger partial charge in [-0.15, -0.1) is 0 Å². The van der Waals surface area contributed by atoms with Crippen molar-refractivity contribution in [1.29, 1.82) is 0 Å². The fourth-order valence-electron chi connectivity index (χ4n) is 2.74. The van der Waals surface area contributed by atoms with E-state index in [0.717, 1.165) is 25.8 Å². The molecule has 0 saturated carbocycles. The minimum Gasteiger partial charge on any atom is -0.387 e. The Hall–Kier alpha value is -1.00. The van der Waals surface area contributed by atoms with Crippen LogP contribution >= 0.6 is 0 Å². The van der Waals surface area contributed by atoms with Crippen LogP contribution in [0.2, 0.25) is 0 Å². The molecule has 0 radical (unpaired) electrons. The first-order valence-corrected chi connectivity index (χ1v) is 7.48. The maximum atomic E-state index is 12.8. The van der Waals surface area contributed by atoms with Gasteiger partial charge in [-0.25, -0.2) is 4.39 Å². The molecule has 4 heteroatoms. The van der Waals surface area contributed by atoms with Crippen molar-refractivity contribution in [1.82, 2.24) is 9.88 Å². The second-order valence-corrected chi connectivity index (χ2v) is 6.57. The molecule has 0 amide bonds. The molecule has 2 heterocycles. The lowest BCUT2D eigenvalue weighted by molar-refractivity contribution is 0.138. The van der Waals surface area contributed by atoms with Gasteiger partial charge >= 0.3 is 0 Å². The van der Waals surface area contributed by atoms with Crippen molar-refractivity contribution >= 4 is 0 Å². The van der Waals surface area contributed by atoms with E-state index in [1.54, 1.807) is 6.07 Å². The van der Waals surface area contributed by atoms with Crippen LogP contribution in [0.15, 0.2) is 18.3 Å². The molecule has 0 aromatic carbocycles. The monoisotopic (exact) mass is 280 g/mol. The van der Waals surface area contributed by atoms with E-state index in [1.807, 2.05) is 0 Å². The molecule has 1 aromatic heterocycles. The third-order valence-corrected chi connectivity index (χ3v) is 4.24. The van der Waals surface area contributed by atoms with E-state index in [0.29, 0.717) is 17.5 Å². The summed E-state index contributed by atoms with van der Waals surface area (Å²) < 4.78 is 12.8. The lowest BCUT2D eigenvalue weighted by atomic mass is 9.85. The number of aliphatic hydroxyl groups is 1. The van der Waals surface area contributed by atoms with Gasteiger partial charge in [-0.05, 0) is 56.3 Å². The van der Waals surface area contributed by atoms with E-state index >= 15 is 0 Å². The standard InChI is InChI=1S/C16H25FN2O/c1-16(2)7-3-9-19(11-8-16)10-6-15(20)14-5-4-13(17)12-18-14/h4-5,12,15,20H,3,6-11H2,1-2H3. The van der Waals surface area contributed by atoms with Crippen LogP contribution in [0.25, 0.3) is 0 Å². The summed E-state index contributed by atoms with van der Waals surface area (Å²) in [5.41, 5.74) is 0.993. The molecule has 1 atom stereocenters. The Balaban J connectivity index is 1.81. The molecule has 2 rings (SSSR count). The van der Waals surface area contributed by atoms with E-state index in [4.69, 9.17) is 0 Å². The van der Waals surface area contributed by atoms with Crippen molar-refractivity contribution in [2.75, 3.05) is 19.6 Å². The highest BCUT2D eigenvalue weighted by Gasteiger charge is 2.23. The Bertz CT molecular complexity index is 419. The Morgan fingerprint density at radius 3 is 2.85 bits per heavy atom. The summed E-state index contributed by atoms with van der Waals surface area (Å²) in [6.07, 6.45) is 4.90. The number of halogens is 1. The van der Waals surface area contributed by atoms with Gasteiger partial charge in [0.1, 0.15) is 5.82 Å². The van der Waals surface area contributed by atoms with Gasteiger partial charge in [0, 0.05) is 6.54 Å². The lowest BCUT2D eigenvalue weighted by Gasteiger charge is -2.24. The van der Waals surface area contributed by atoms with Crippen molar-refractivity contribution < 1.29 is 9.50 Å². The van der Waals surface area contributed by atoms with Gasteiger partial charge in [-0.1, -0.05) is 13.8 Å². The first-order valence-electron chi connectivity index (χ1n) is 7.48. The van der Waals surface area contributed by atoms with Crippen molar-refractivity contribution in [3.05, 3.63) is 29.8 Å². The lowest BCUT2D eigenvalue weighted by Crippen LogP contribution is -2.27. The number of nitrogens with zero attached hydrogens (tertiary/aromatic N) is 2. The van der Waals surface area contributed by atoms with Crippen LogP contribution in [-0.4, -0.2) is 34.6 Å². The molecular weight excluding hydrogens is 255 g/mol. The molecule has 112 valence electrons. The quantitative estimate of drug-likeness (QED) is 0.920. The van der Waals surface area contributed by atoms with Gasteiger partial charge in [0.2, 0.25) is 0 Å². The van der Waals surface area contributed by atoms with Crippen LogP contribution in [-0.2, 0) is 0 Å². The second kappa shape index (κ2) is 6.64. The Morgan fingerprint density at radius 1 is 1.35 bits per heavy atom. The predicted octanol–water partition coefficient (Wildman–Crippen LogP) is 3.16. The van der Waals surface area contributed by atoms with Crippen LogP contribution in [0, 0.1) is 11.2 Å². The van der Waals surface area contributed by atoms with E-state index in [1.165, 1.54) is 25.3 Å². The third-order valence-electron chi connectivity index (χ3n) is 4.24. The predicted molar refractivity (Wildman–Crippen MR) is 77.8 cm³/mol. The van der Waals surface area contributed by atoms with Gasteiger partial charge in [0.25, 0.3) is 0 Å². The van der Waals surface area contributed by atoms with Crippen molar-refractivity contribution in [2.24, 2.45) is 5.41 Å². The van der Waals surface area contributed by atoms with Gasteiger partial charge in [-0.3, -0.25) is 4.98 Å². The molecule has 1 N–H and O–H groups in total. The molecule has 1 unspecified atom stereocenters. The van der Waals surface area contributed by atoms with Crippen molar-refractivity contribution in [3.8, 4) is 0 Å². The SMILES string of the molecule is CC1(C)CCCN(CCC(O)c2ccc(F)cn2)CC1. The fourth-order valence-corrected chi connectivity index (χ4v) is 2.74. The van der Waals surface area contributed by atoms with Crippen molar-refractivity contribution in [3.63, 3.8) is 0 Å². The molecule has 3 nitrogen and oxygen atoms in total. The zero-order valence-corrected chi connectivity index (χ0v) is 12.5. The third kappa shape index (κ3) is 4.53. The number of pyridine rings is 1. The largest absolute Gasteiger partial charge is 0.387 e. The van der Waals surface area contributed by atoms with E-state index in [2.05, 4.69) is 23.7 Å². The smallest absolute Gasteiger partial charge is 0.141 e. The van der Waals surface area contributed by atoms with Crippen LogP contribution in [0.1, 0.15) is 51.3 Å². The topological polar surface area (TPSA) is 36.4 Å². The number of likely N-dealkylation sites (tertiary alicyclic amines) is 1. The van der Waals surface area contributed by atoms with E-state index in [-0.39, 0.29) is 5.82 Å². The van der Waals surface area contributed by atoms with Gasteiger partial charge in [-0.2, -0.15) is 0 Å². The number of aromatic nitrogens is 1. The maximum Gasteiger partial charge on any atom is 0.141 e. The average Bonchev–Trinajstić information content (AvgIpc) is 2.58. The Labute approximate surface area is 120 Å². The van der Waals surface area contributed by atoms with Crippen molar-refractivity contribution in [2.45, 2.75) is 45.6 Å². The summed E-state index contributed by atoms with van der Waals surface area (Å²) in [6, 6.07) is 2.91. The molecule has 20 heavy (non-hydrogen) atoms. The molecule has 1 aliphatic heterocycles. The van der Waals surface area contributed by atoms with Crippen LogP contribution in [0.3, 0.4) is 0 Å². The summed E-state index contributed by atoms with van der Waals surface area (Å²) in [4.78, 5) is 6.36. The van der Waals surface area contributed by atoms with Crippen LogP contribution in [0.5, 0.6) is 0 Å². The number of hydrogen-bond donors (Lipinski definition) is 1. The summed E-state index contributed by atoms with van der Waals surface area (Å²) >= 11 is 0. The van der Waals surface area contributed by atoms with E-state index < -0.39 is 6.10 Å². The molecule has 1 aromatic rings. The molecule has 1 fully saturated rings. The highest BCUT2D eigenvalue weighted by molar-refractivity contribution is 5.07. The average molecular weight is 280 g/mol. The zero-order chi connectivity index (χ0) is 14.6. The minimum atomic E-state index is -0.605. The zero-order valence-electron chi connectivity index (χ0n) is 12.5.